The van der Waals surface area contributed by atoms with Crippen LogP contribution in [0.4, 0.5) is 0 Å². The number of benzene rings is 4. The maximum Gasteiger partial charge on any atom is 0.308 e. The molecule has 16 nitrogen and oxygen atoms in total. The molecule has 0 aromatic heterocycles. The highest BCUT2D eigenvalue weighted by Crippen LogP contribution is 2.23. The standard InChI is InChI=1S/2C24H29NO5.C4H11NO3/c2*1-3-30-24(29)17(2)15-21(25-22(26)13-14-23(27)28)16-18-9-11-20(12-10-18)19-7-5-4-6-8-19;5-4(1-6,2-7)3-8/h2*4-12,17,21H,3,13-16H2,1-2H3,(H,25,26)(H,27,28);6-8H,1-3,5H2/t2*17-,21+;/m11./s1. The molecule has 0 radical (unpaired) electrons. The Kier molecular flexibility index (Phi) is 26.7. The molecule has 0 unspecified atom stereocenters. The number of esters is 2. The van der Waals surface area contributed by atoms with Gasteiger partial charge in [-0.15, -0.1) is 0 Å². The Labute approximate surface area is 398 Å². The number of aliphatic hydroxyl groups is 3. The molecule has 0 heterocycles. The molecule has 0 aliphatic carbocycles. The van der Waals surface area contributed by atoms with Crippen LogP contribution in [-0.2, 0) is 51.1 Å². The number of hydrogen-bond acceptors (Lipinski definition) is 12. The molecule has 9 N–H and O–H groups in total. The summed E-state index contributed by atoms with van der Waals surface area (Å²) in [6, 6.07) is 35.6. The van der Waals surface area contributed by atoms with Gasteiger partial charge in [0, 0.05) is 24.9 Å². The molecular weight excluding hydrogens is 875 g/mol. The van der Waals surface area contributed by atoms with Crippen molar-refractivity contribution < 1.29 is 63.8 Å². The Morgan fingerprint density at radius 1 is 0.515 bits per heavy atom. The van der Waals surface area contributed by atoms with Crippen molar-refractivity contribution in [1.29, 1.82) is 0 Å². The van der Waals surface area contributed by atoms with Crippen LogP contribution in [0.25, 0.3) is 22.3 Å². The molecule has 4 aromatic rings. The molecule has 0 saturated heterocycles. The number of amides is 2. The third-order valence-electron chi connectivity index (χ3n) is 10.5. The predicted octanol–water partition coefficient (Wildman–Crippen LogP) is 5.33. The van der Waals surface area contributed by atoms with Gasteiger partial charge in [-0.3, -0.25) is 28.8 Å². The van der Waals surface area contributed by atoms with Gasteiger partial charge in [0.25, 0.3) is 0 Å². The Bertz CT molecular complexity index is 1960. The molecule has 4 atom stereocenters. The Hall–Kier alpha value is -6.46. The summed E-state index contributed by atoms with van der Waals surface area (Å²) >= 11 is 0. The summed E-state index contributed by atoms with van der Waals surface area (Å²) in [5, 5.41) is 48.4. The van der Waals surface area contributed by atoms with Gasteiger partial charge in [0.2, 0.25) is 11.8 Å². The summed E-state index contributed by atoms with van der Waals surface area (Å²) in [5.41, 5.74) is 10.4. The van der Waals surface area contributed by atoms with Crippen LogP contribution < -0.4 is 16.4 Å². The second-order valence-corrected chi connectivity index (χ2v) is 16.5. The van der Waals surface area contributed by atoms with Crippen LogP contribution in [0.2, 0.25) is 0 Å². The van der Waals surface area contributed by atoms with Gasteiger partial charge in [0.15, 0.2) is 0 Å². The zero-order valence-electron chi connectivity index (χ0n) is 39.5. The number of ether oxygens (including phenoxy) is 2. The van der Waals surface area contributed by atoms with Crippen molar-refractivity contribution in [3.05, 3.63) is 120 Å². The van der Waals surface area contributed by atoms with E-state index in [0.717, 1.165) is 33.4 Å². The molecule has 0 fully saturated rings. The summed E-state index contributed by atoms with van der Waals surface area (Å²) in [5.74, 6) is -4.06. The molecule has 370 valence electrons. The van der Waals surface area contributed by atoms with Crippen molar-refractivity contribution in [2.24, 2.45) is 17.6 Å². The minimum absolute atomic E-state index is 0.0907. The Balaban J connectivity index is 0.000000402. The highest BCUT2D eigenvalue weighted by Gasteiger charge is 2.24. The summed E-state index contributed by atoms with van der Waals surface area (Å²) in [4.78, 5) is 69.8. The maximum atomic E-state index is 12.2. The number of carbonyl (C=O) groups excluding carboxylic acids is 4. The highest BCUT2D eigenvalue weighted by atomic mass is 16.5. The number of nitrogens with two attached hydrogens (primary N) is 1. The van der Waals surface area contributed by atoms with Crippen LogP contribution >= 0.6 is 0 Å². The van der Waals surface area contributed by atoms with Gasteiger partial charge < -0.3 is 51.4 Å². The summed E-state index contributed by atoms with van der Waals surface area (Å²) < 4.78 is 10.1. The number of aliphatic hydroxyl groups excluding tert-OH is 3. The van der Waals surface area contributed by atoms with Crippen molar-refractivity contribution in [3.8, 4) is 22.3 Å². The minimum Gasteiger partial charge on any atom is -0.481 e. The Morgan fingerprint density at radius 2 is 0.824 bits per heavy atom. The molecule has 0 aliphatic rings. The van der Waals surface area contributed by atoms with E-state index in [0.29, 0.717) is 38.9 Å². The molecule has 16 heteroatoms. The van der Waals surface area contributed by atoms with Crippen molar-refractivity contribution >= 4 is 35.7 Å². The molecule has 0 spiro atoms. The fourth-order valence-electron chi connectivity index (χ4n) is 6.69. The Morgan fingerprint density at radius 3 is 1.09 bits per heavy atom. The summed E-state index contributed by atoms with van der Waals surface area (Å²) in [6.45, 7) is 6.45. The van der Waals surface area contributed by atoms with Crippen molar-refractivity contribution in [2.45, 2.75) is 96.7 Å². The first kappa shape index (κ1) is 57.7. The number of carboxylic acid groups (broad SMARTS) is 2. The smallest absolute Gasteiger partial charge is 0.308 e. The predicted molar refractivity (Wildman–Crippen MR) is 258 cm³/mol. The minimum atomic E-state index is -1.21. The van der Waals surface area contributed by atoms with Gasteiger partial charge in [-0.25, -0.2) is 0 Å². The normalized spacial score (nSPS) is 12.5. The lowest BCUT2D eigenvalue weighted by Gasteiger charge is -2.22. The van der Waals surface area contributed by atoms with Gasteiger partial charge >= 0.3 is 23.9 Å². The van der Waals surface area contributed by atoms with Crippen LogP contribution in [0.3, 0.4) is 0 Å². The molecule has 68 heavy (non-hydrogen) atoms. The second kappa shape index (κ2) is 31.5. The van der Waals surface area contributed by atoms with E-state index in [1.165, 1.54) is 0 Å². The number of nitrogens with one attached hydrogen (secondary N) is 2. The van der Waals surface area contributed by atoms with E-state index >= 15 is 0 Å². The van der Waals surface area contributed by atoms with Gasteiger partial charge in [0.05, 0.1) is 63.3 Å². The third kappa shape index (κ3) is 22.8. The first-order chi connectivity index (χ1) is 32.5. The lowest BCUT2D eigenvalue weighted by Crippen LogP contribution is -2.50. The monoisotopic (exact) mass is 943 g/mol. The number of rotatable bonds is 25. The quantitative estimate of drug-likeness (QED) is 0.0391. The highest BCUT2D eigenvalue weighted by molar-refractivity contribution is 5.82. The van der Waals surface area contributed by atoms with Crippen LogP contribution in [0.5, 0.6) is 0 Å². The van der Waals surface area contributed by atoms with Crippen molar-refractivity contribution in [3.63, 3.8) is 0 Å². The van der Waals surface area contributed by atoms with E-state index in [9.17, 15) is 28.8 Å². The van der Waals surface area contributed by atoms with E-state index in [4.69, 9.17) is 40.7 Å². The molecule has 0 saturated carbocycles. The van der Waals surface area contributed by atoms with E-state index in [1.807, 2.05) is 109 Å². The van der Waals surface area contributed by atoms with Gasteiger partial charge in [-0.1, -0.05) is 123 Å². The average molecular weight is 944 g/mol. The molecule has 2 amide bonds. The maximum absolute atomic E-state index is 12.2. The van der Waals surface area contributed by atoms with Gasteiger partial charge in [-0.2, -0.15) is 0 Å². The topological polar surface area (TPSA) is 272 Å². The number of hydrogen-bond donors (Lipinski definition) is 8. The fourth-order valence-corrected chi connectivity index (χ4v) is 6.69. The molecule has 0 bridgehead atoms. The number of carboxylic acids is 2. The summed E-state index contributed by atoms with van der Waals surface area (Å²) in [7, 11) is 0. The molecule has 4 aromatic carbocycles. The zero-order chi connectivity index (χ0) is 50.5. The molecule has 0 aliphatic heterocycles. The second-order valence-electron chi connectivity index (χ2n) is 16.5. The van der Waals surface area contributed by atoms with E-state index in [2.05, 4.69) is 10.6 Å². The first-order valence-electron chi connectivity index (χ1n) is 22.7. The van der Waals surface area contributed by atoms with E-state index in [1.54, 1.807) is 27.7 Å². The van der Waals surface area contributed by atoms with Gasteiger partial charge in [-0.05, 0) is 72.9 Å². The van der Waals surface area contributed by atoms with Crippen LogP contribution in [-0.4, -0.2) is 112 Å². The molecule has 4 rings (SSSR count). The molecular formula is C52H69N3O13. The van der Waals surface area contributed by atoms with Crippen LogP contribution in [0.1, 0.15) is 77.3 Å². The van der Waals surface area contributed by atoms with Gasteiger partial charge in [0.1, 0.15) is 0 Å². The van der Waals surface area contributed by atoms with E-state index in [-0.39, 0.29) is 73.4 Å². The summed E-state index contributed by atoms with van der Waals surface area (Å²) in [6.07, 6.45) is 1.28. The SMILES string of the molecule is CCOC(=O)[C@H](C)C[C@@H](Cc1ccc(-c2ccccc2)cc1)NC(=O)CCC(=O)O.CCOC(=O)[C@H](C)C[C@@H](Cc1ccc(-c2ccccc2)cc1)NC(=O)CCC(=O)O.NC(CO)(CO)CO. The third-order valence-corrected chi connectivity index (χ3v) is 10.5. The zero-order valence-corrected chi connectivity index (χ0v) is 39.5. The van der Waals surface area contributed by atoms with Crippen molar-refractivity contribution in [2.75, 3.05) is 33.0 Å². The van der Waals surface area contributed by atoms with E-state index < -0.39 is 37.3 Å². The lowest BCUT2D eigenvalue weighted by molar-refractivity contribution is -0.148. The fraction of sp³-hybridized carbons (Fsp3) is 0.423. The number of carbonyl (C=O) groups is 6. The van der Waals surface area contributed by atoms with Crippen LogP contribution in [0, 0.1) is 11.8 Å². The number of aliphatic carboxylic acids is 2. The van der Waals surface area contributed by atoms with Crippen LogP contribution in [0.15, 0.2) is 109 Å². The van der Waals surface area contributed by atoms with Crippen molar-refractivity contribution in [1.82, 2.24) is 10.6 Å². The lowest BCUT2D eigenvalue weighted by atomic mass is 9.94. The average Bonchev–Trinajstić information content (AvgIpc) is 3.34. The largest absolute Gasteiger partial charge is 0.481 e. The first-order valence-corrected chi connectivity index (χ1v) is 22.7.